The van der Waals surface area contributed by atoms with Gasteiger partial charge < -0.3 is 19.9 Å². The molecule has 1 atom stereocenters. The normalized spacial score (nSPS) is 20.3. The minimum absolute atomic E-state index is 0.218. The number of ether oxygens (including phenoxy) is 1. The second-order valence-electron chi connectivity index (χ2n) is 7.03. The average Bonchev–Trinajstić information content (AvgIpc) is 2.36. The van der Waals surface area contributed by atoms with Crippen LogP contribution in [0.2, 0.25) is 0 Å². The average molecular weight is 299 g/mol. The van der Waals surface area contributed by atoms with Gasteiger partial charge in [-0.1, -0.05) is 0 Å². The summed E-state index contributed by atoms with van der Waals surface area (Å²) in [6, 6.07) is 0. The molecule has 0 bridgehead atoms. The number of likely N-dealkylation sites (N-methyl/N-ethyl adjacent to an activating group) is 1. The Kier molecular flexibility index (Phi) is 7.46. The zero-order chi connectivity index (χ0) is 15.9. The number of nitrogens with one attached hydrogen (secondary N) is 1. The van der Waals surface area contributed by atoms with Crippen molar-refractivity contribution in [2.24, 2.45) is 5.92 Å². The maximum absolute atomic E-state index is 12.0. The molecule has 1 N–H and O–H groups in total. The molecule has 1 fully saturated rings. The van der Waals surface area contributed by atoms with Gasteiger partial charge in [0, 0.05) is 26.2 Å². The van der Waals surface area contributed by atoms with Gasteiger partial charge in [-0.05, 0) is 66.6 Å². The van der Waals surface area contributed by atoms with E-state index in [4.69, 9.17) is 4.74 Å². The Bertz CT molecular complexity index is 315. The molecule has 0 spiro atoms. The van der Waals surface area contributed by atoms with Crippen molar-refractivity contribution in [2.45, 2.75) is 46.1 Å². The number of carbonyl (C=O) groups is 1. The molecular formula is C16H33N3O2. The number of hydrogen-bond donors (Lipinski definition) is 1. The predicted octanol–water partition coefficient (Wildman–Crippen LogP) is 2.17. The van der Waals surface area contributed by atoms with Crippen LogP contribution in [0.4, 0.5) is 4.79 Å². The fourth-order valence-corrected chi connectivity index (χ4v) is 2.67. The number of rotatable bonds is 6. The van der Waals surface area contributed by atoms with Crippen LogP contribution >= 0.6 is 0 Å². The van der Waals surface area contributed by atoms with Crippen LogP contribution in [0.1, 0.15) is 40.5 Å². The van der Waals surface area contributed by atoms with E-state index < -0.39 is 5.60 Å². The summed E-state index contributed by atoms with van der Waals surface area (Å²) in [5, 5.41) is 3.48. The van der Waals surface area contributed by atoms with E-state index in [1.54, 1.807) is 4.90 Å². The zero-order valence-corrected chi connectivity index (χ0v) is 14.4. The number of nitrogens with zero attached hydrogens (tertiary/aromatic N) is 2. The van der Waals surface area contributed by atoms with Crippen LogP contribution in [0, 0.1) is 5.92 Å². The van der Waals surface area contributed by atoms with E-state index >= 15 is 0 Å². The fraction of sp³-hybridized carbons (Fsp3) is 0.938. The van der Waals surface area contributed by atoms with E-state index in [9.17, 15) is 4.79 Å². The van der Waals surface area contributed by atoms with Gasteiger partial charge in [-0.2, -0.15) is 0 Å². The third-order valence-corrected chi connectivity index (χ3v) is 3.75. The molecule has 0 aromatic rings. The maximum atomic E-state index is 12.0. The highest BCUT2D eigenvalue weighted by Gasteiger charge is 2.21. The van der Waals surface area contributed by atoms with Gasteiger partial charge in [-0.25, -0.2) is 4.79 Å². The molecule has 1 amide bonds. The van der Waals surface area contributed by atoms with Crippen LogP contribution in [0.15, 0.2) is 0 Å². The molecule has 1 rings (SSSR count). The topological polar surface area (TPSA) is 44.8 Å². The van der Waals surface area contributed by atoms with Gasteiger partial charge in [0.2, 0.25) is 0 Å². The Morgan fingerprint density at radius 2 is 2.14 bits per heavy atom. The summed E-state index contributed by atoms with van der Waals surface area (Å²) >= 11 is 0. The molecular weight excluding hydrogens is 266 g/mol. The molecule has 1 saturated heterocycles. The van der Waals surface area contributed by atoms with Crippen molar-refractivity contribution < 1.29 is 9.53 Å². The lowest BCUT2D eigenvalue weighted by Gasteiger charge is -2.30. The summed E-state index contributed by atoms with van der Waals surface area (Å²) in [5.41, 5.74) is -0.426. The van der Waals surface area contributed by atoms with Gasteiger partial charge in [0.05, 0.1) is 0 Å². The molecule has 1 unspecified atom stereocenters. The predicted molar refractivity (Wildman–Crippen MR) is 86.6 cm³/mol. The first-order valence-corrected chi connectivity index (χ1v) is 8.19. The fourth-order valence-electron chi connectivity index (χ4n) is 2.67. The second-order valence-corrected chi connectivity index (χ2v) is 7.03. The number of hydrogen-bond acceptors (Lipinski definition) is 4. The number of piperidine rings is 1. The molecule has 124 valence electrons. The van der Waals surface area contributed by atoms with Gasteiger partial charge >= 0.3 is 6.09 Å². The number of amides is 1. The van der Waals surface area contributed by atoms with Crippen molar-refractivity contribution in [3.8, 4) is 0 Å². The zero-order valence-electron chi connectivity index (χ0n) is 14.4. The van der Waals surface area contributed by atoms with E-state index in [1.807, 2.05) is 27.7 Å². The third-order valence-electron chi connectivity index (χ3n) is 3.75. The first kappa shape index (κ1) is 18.2. The number of likely N-dealkylation sites (tertiary alicyclic amines) is 1. The molecule has 0 aliphatic carbocycles. The lowest BCUT2D eigenvalue weighted by atomic mass is 9.98. The summed E-state index contributed by atoms with van der Waals surface area (Å²) in [7, 11) is 2.19. The highest BCUT2D eigenvalue weighted by molar-refractivity contribution is 5.68. The molecule has 5 heteroatoms. The van der Waals surface area contributed by atoms with Gasteiger partial charge in [0.1, 0.15) is 5.60 Å². The molecule has 0 aromatic heterocycles. The maximum Gasteiger partial charge on any atom is 0.410 e. The van der Waals surface area contributed by atoms with Crippen molar-refractivity contribution in [3.05, 3.63) is 0 Å². The van der Waals surface area contributed by atoms with Crippen molar-refractivity contribution in [1.29, 1.82) is 0 Å². The van der Waals surface area contributed by atoms with Crippen LogP contribution < -0.4 is 5.32 Å². The van der Waals surface area contributed by atoms with E-state index in [-0.39, 0.29) is 6.09 Å². The quantitative estimate of drug-likeness (QED) is 0.764. The number of carbonyl (C=O) groups excluding carboxylic acids is 1. The SMILES string of the molecule is CCN(CCNCC1CCCN(C)C1)C(=O)OC(C)(C)C. The lowest BCUT2D eigenvalue weighted by molar-refractivity contribution is 0.0261. The summed E-state index contributed by atoms with van der Waals surface area (Å²) in [6.45, 7) is 13.3. The van der Waals surface area contributed by atoms with Crippen LogP contribution in [-0.4, -0.2) is 67.8 Å². The largest absolute Gasteiger partial charge is 0.444 e. The van der Waals surface area contributed by atoms with Crippen molar-refractivity contribution in [2.75, 3.05) is 46.3 Å². The molecule has 1 aliphatic heterocycles. The van der Waals surface area contributed by atoms with Gasteiger partial charge in [-0.15, -0.1) is 0 Å². The highest BCUT2D eigenvalue weighted by atomic mass is 16.6. The van der Waals surface area contributed by atoms with Crippen molar-refractivity contribution in [3.63, 3.8) is 0 Å². The molecule has 1 aliphatic rings. The summed E-state index contributed by atoms with van der Waals surface area (Å²) < 4.78 is 5.40. The van der Waals surface area contributed by atoms with Crippen LogP contribution in [0.25, 0.3) is 0 Å². The van der Waals surface area contributed by atoms with E-state index in [0.29, 0.717) is 13.1 Å². The van der Waals surface area contributed by atoms with Crippen LogP contribution in [-0.2, 0) is 4.74 Å². The Morgan fingerprint density at radius 1 is 1.43 bits per heavy atom. The van der Waals surface area contributed by atoms with Crippen LogP contribution in [0.5, 0.6) is 0 Å². The molecule has 0 radical (unpaired) electrons. The smallest absolute Gasteiger partial charge is 0.410 e. The Hall–Kier alpha value is -0.810. The Labute approximate surface area is 130 Å². The monoisotopic (exact) mass is 299 g/mol. The first-order valence-electron chi connectivity index (χ1n) is 8.19. The lowest BCUT2D eigenvalue weighted by Crippen LogP contribution is -2.42. The molecule has 1 heterocycles. The highest BCUT2D eigenvalue weighted by Crippen LogP contribution is 2.13. The van der Waals surface area contributed by atoms with Gasteiger partial charge in [0.25, 0.3) is 0 Å². The minimum atomic E-state index is -0.426. The van der Waals surface area contributed by atoms with E-state index in [2.05, 4.69) is 17.3 Å². The Morgan fingerprint density at radius 3 is 2.71 bits per heavy atom. The summed E-state index contributed by atoms with van der Waals surface area (Å²) in [5.74, 6) is 0.736. The summed E-state index contributed by atoms with van der Waals surface area (Å²) in [4.78, 5) is 16.2. The van der Waals surface area contributed by atoms with Crippen molar-refractivity contribution in [1.82, 2.24) is 15.1 Å². The standard InChI is InChI=1S/C16H33N3O2/c1-6-19(15(20)21-16(2,3)4)11-9-17-12-14-8-7-10-18(5)13-14/h14,17H,6-13H2,1-5H3. The van der Waals surface area contributed by atoms with Crippen molar-refractivity contribution >= 4 is 6.09 Å². The van der Waals surface area contributed by atoms with Gasteiger partial charge in [-0.3, -0.25) is 0 Å². The van der Waals surface area contributed by atoms with Gasteiger partial charge in [0.15, 0.2) is 0 Å². The van der Waals surface area contributed by atoms with E-state index in [0.717, 1.165) is 19.0 Å². The summed E-state index contributed by atoms with van der Waals surface area (Å²) in [6.07, 6.45) is 2.38. The Balaban J connectivity index is 2.21. The van der Waals surface area contributed by atoms with E-state index in [1.165, 1.54) is 25.9 Å². The second kappa shape index (κ2) is 8.59. The molecule has 21 heavy (non-hydrogen) atoms. The molecule has 0 aromatic carbocycles. The molecule has 5 nitrogen and oxygen atoms in total. The third kappa shape index (κ3) is 7.67. The first-order chi connectivity index (χ1) is 9.81. The molecule has 0 saturated carbocycles. The van der Waals surface area contributed by atoms with Crippen LogP contribution in [0.3, 0.4) is 0 Å². The minimum Gasteiger partial charge on any atom is -0.444 e.